The Morgan fingerprint density at radius 2 is 1.45 bits per heavy atom. The highest BCUT2D eigenvalue weighted by atomic mass is 79.9. The Kier molecular flexibility index (Phi) is 10.3. The highest BCUT2D eigenvalue weighted by Crippen LogP contribution is 2.54. The summed E-state index contributed by atoms with van der Waals surface area (Å²) in [6, 6.07) is 9.01. The second-order valence-corrected chi connectivity index (χ2v) is 10.6. The van der Waals surface area contributed by atoms with E-state index >= 15 is 4.39 Å². The molecule has 18 heteroatoms. The van der Waals surface area contributed by atoms with Gasteiger partial charge in [0.25, 0.3) is 11.8 Å². The van der Waals surface area contributed by atoms with Gasteiger partial charge in [-0.15, -0.1) is 0 Å². The lowest BCUT2D eigenvalue weighted by Gasteiger charge is -2.31. The number of alkyl halides is 7. The van der Waals surface area contributed by atoms with Crippen molar-refractivity contribution in [3.63, 3.8) is 0 Å². The zero-order chi connectivity index (χ0) is 33.2. The van der Waals surface area contributed by atoms with E-state index in [1.165, 1.54) is 29.7 Å². The lowest BCUT2D eigenvalue weighted by Crippen LogP contribution is -2.50. The lowest BCUT2D eigenvalue weighted by molar-refractivity contribution is -0.348. The Morgan fingerprint density at radius 3 is 1.98 bits per heavy atom. The molecule has 3 aromatic rings. The number of hydroxylamine groups is 1. The standard InChI is InChI=1S/C26H18Br2F8N4O4/c27-16-10-13(24(30,25(31,32)33)26(34,35)36)11-17(28)21(16)38-22(42)15-5-2-6-18(20(15)29)40(8-7-19(41)39-44)23(43)12-3-1-4-14(37)9-12/h1-6,9-11,44H,7-8,37H2,(H,38,42)(H,39,41). The number of carbonyl (C=O) groups excluding carboxylic acids is 3. The van der Waals surface area contributed by atoms with Gasteiger partial charge in [0.1, 0.15) is 0 Å². The Morgan fingerprint density at radius 1 is 0.886 bits per heavy atom. The van der Waals surface area contributed by atoms with E-state index in [9.17, 15) is 45.1 Å². The largest absolute Gasteiger partial charge is 0.435 e. The fraction of sp³-hybridized carbons (Fsp3) is 0.192. The zero-order valence-corrected chi connectivity index (χ0v) is 24.8. The summed E-state index contributed by atoms with van der Waals surface area (Å²) in [5, 5.41) is 10.9. The molecule has 0 heterocycles. The van der Waals surface area contributed by atoms with Crippen LogP contribution in [0.3, 0.4) is 0 Å². The van der Waals surface area contributed by atoms with E-state index in [0.29, 0.717) is 0 Å². The summed E-state index contributed by atoms with van der Waals surface area (Å²) in [6.45, 7) is -0.496. The van der Waals surface area contributed by atoms with Crippen LogP contribution in [-0.4, -0.2) is 41.8 Å². The summed E-state index contributed by atoms with van der Waals surface area (Å²) in [5.41, 5.74) is -2.14. The van der Waals surface area contributed by atoms with Crippen molar-refractivity contribution in [2.75, 3.05) is 22.5 Å². The molecule has 0 saturated carbocycles. The number of rotatable bonds is 8. The van der Waals surface area contributed by atoms with E-state index in [2.05, 4.69) is 37.2 Å². The lowest BCUT2D eigenvalue weighted by atomic mass is 9.94. The predicted molar refractivity (Wildman–Crippen MR) is 148 cm³/mol. The third kappa shape index (κ3) is 6.96. The first kappa shape index (κ1) is 34.7. The fourth-order valence-electron chi connectivity index (χ4n) is 3.89. The molecule has 3 amide bonds. The molecule has 44 heavy (non-hydrogen) atoms. The molecule has 0 aliphatic carbocycles. The van der Waals surface area contributed by atoms with Gasteiger partial charge in [-0.1, -0.05) is 12.1 Å². The molecule has 3 aromatic carbocycles. The molecule has 0 bridgehead atoms. The molecule has 8 nitrogen and oxygen atoms in total. The monoisotopic (exact) mass is 760 g/mol. The van der Waals surface area contributed by atoms with Gasteiger partial charge in [-0.25, -0.2) is 14.3 Å². The van der Waals surface area contributed by atoms with Crippen molar-refractivity contribution in [1.29, 1.82) is 0 Å². The van der Waals surface area contributed by atoms with Crippen molar-refractivity contribution in [3.8, 4) is 0 Å². The van der Waals surface area contributed by atoms with Crippen molar-refractivity contribution < 1.29 is 54.7 Å². The molecule has 0 unspecified atom stereocenters. The van der Waals surface area contributed by atoms with Crippen LogP contribution in [0.1, 0.15) is 32.7 Å². The summed E-state index contributed by atoms with van der Waals surface area (Å²) in [6.07, 6.45) is -13.3. The minimum atomic E-state index is -6.40. The first-order valence-corrected chi connectivity index (χ1v) is 13.4. The molecule has 0 aliphatic rings. The Bertz CT molecular complexity index is 1560. The molecule has 0 aliphatic heterocycles. The number of halogens is 10. The average Bonchev–Trinajstić information content (AvgIpc) is 2.93. The maximum absolute atomic E-state index is 15.8. The molecule has 0 spiro atoms. The number of hydrogen-bond acceptors (Lipinski definition) is 5. The van der Waals surface area contributed by atoms with Crippen LogP contribution in [-0.2, 0) is 10.5 Å². The van der Waals surface area contributed by atoms with Gasteiger partial charge in [-0.3, -0.25) is 19.6 Å². The molecule has 3 rings (SSSR count). The number of anilines is 3. The number of nitrogens with zero attached hydrogens (tertiary/aromatic N) is 1. The summed E-state index contributed by atoms with van der Waals surface area (Å²) < 4.78 is 108. The molecule has 0 atom stereocenters. The van der Waals surface area contributed by atoms with Crippen LogP contribution in [0.5, 0.6) is 0 Å². The van der Waals surface area contributed by atoms with Gasteiger partial charge < -0.3 is 16.0 Å². The highest BCUT2D eigenvalue weighted by Gasteiger charge is 2.73. The van der Waals surface area contributed by atoms with Crippen molar-refractivity contribution in [2.24, 2.45) is 0 Å². The van der Waals surface area contributed by atoms with Gasteiger partial charge in [-0.05, 0) is 74.3 Å². The number of hydrogen-bond donors (Lipinski definition) is 4. The maximum atomic E-state index is 15.8. The molecular formula is C26H18Br2F8N4O4. The average molecular weight is 762 g/mol. The number of benzene rings is 3. The molecule has 5 N–H and O–H groups in total. The Hall–Kier alpha value is -3.77. The topological polar surface area (TPSA) is 125 Å². The molecule has 0 aromatic heterocycles. The number of nitrogens with two attached hydrogens (primary N) is 1. The second kappa shape index (κ2) is 13.1. The van der Waals surface area contributed by atoms with E-state index in [-0.39, 0.29) is 23.4 Å². The molecular weight excluding hydrogens is 744 g/mol. The Labute approximate surface area is 259 Å². The number of nitrogens with one attached hydrogen (secondary N) is 2. The van der Waals surface area contributed by atoms with Crippen LogP contribution in [0, 0.1) is 5.82 Å². The molecule has 0 radical (unpaired) electrons. The summed E-state index contributed by atoms with van der Waals surface area (Å²) in [5.74, 6) is -4.38. The summed E-state index contributed by atoms with van der Waals surface area (Å²) in [7, 11) is 0. The quantitative estimate of drug-likeness (QED) is 0.0851. The van der Waals surface area contributed by atoms with Gasteiger partial charge in [0, 0.05) is 38.7 Å². The SMILES string of the molecule is Nc1cccc(C(=O)N(CCC(=O)NO)c2cccc(C(=O)Nc3c(Br)cc(C(F)(C(F)(F)F)C(F)(F)F)cc3Br)c2F)c1. The molecule has 0 fully saturated rings. The van der Waals surface area contributed by atoms with Crippen molar-refractivity contribution >= 4 is 66.6 Å². The van der Waals surface area contributed by atoms with Gasteiger partial charge in [0.2, 0.25) is 5.91 Å². The van der Waals surface area contributed by atoms with Gasteiger partial charge >= 0.3 is 18.0 Å². The van der Waals surface area contributed by atoms with Crippen molar-refractivity contribution in [1.82, 2.24) is 5.48 Å². The smallest absolute Gasteiger partial charge is 0.399 e. The molecule has 236 valence electrons. The van der Waals surface area contributed by atoms with Gasteiger partial charge in [0.15, 0.2) is 5.82 Å². The fourth-order valence-corrected chi connectivity index (χ4v) is 5.28. The normalized spacial score (nSPS) is 12.1. The first-order chi connectivity index (χ1) is 20.3. The van der Waals surface area contributed by atoms with E-state index in [0.717, 1.165) is 23.1 Å². The third-order valence-electron chi connectivity index (χ3n) is 6.04. The first-order valence-electron chi connectivity index (χ1n) is 11.9. The minimum absolute atomic E-state index is 0.0294. The number of amides is 3. The second-order valence-electron chi connectivity index (χ2n) is 8.93. The minimum Gasteiger partial charge on any atom is -0.399 e. The van der Waals surface area contributed by atoms with Crippen LogP contribution in [0.25, 0.3) is 0 Å². The predicted octanol–water partition coefficient (Wildman–Crippen LogP) is 7.02. The Balaban J connectivity index is 2.02. The van der Waals surface area contributed by atoms with E-state index in [1.54, 1.807) is 0 Å². The van der Waals surface area contributed by atoms with E-state index in [1.807, 2.05) is 0 Å². The number of nitrogen functional groups attached to an aromatic ring is 1. The van der Waals surface area contributed by atoms with Crippen LogP contribution in [0.4, 0.5) is 52.2 Å². The van der Waals surface area contributed by atoms with Crippen LogP contribution >= 0.6 is 31.9 Å². The van der Waals surface area contributed by atoms with Crippen LogP contribution < -0.4 is 21.4 Å². The third-order valence-corrected chi connectivity index (χ3v) is 7.29. The van der Waals surface area contributed by atoms with Gasteiger partial charge in [0.05, 0.1) is 16.9 Å². The summed E-state index contributed by atoms with van der Waals surface area (Å²) >= 11 is 5.42. The van der Waals surface area contributed by atoms with Crippen molar-refractivity contribution in [2.45, 2.75) is 24.4 Å². The maximum Gasteiger partial charge on any atom is 0.435 e. The zero-order valence-electron chi connectivity index (χ0n) is 21.6. The van der Waals surface area contributed by atoms with E-state index < -0.39 is 86.0 Å². The van der Waals surface area contributed by atoms with Gasteiger partial charge in [-0.2, -0.15) is 26.3 Å². The van der Waals surface area contributed by atoms with Crippen LogP contribution in [0.2, 0.25) is 0 Å². The molecule has 0 saturated heterocycles. The van der Waals surface area contributed by atoms with Crippen molar-refractivity contribution in [3.05, 3.63) is 86.1 Å². The number of carbonyl (C=O) groups is 3. The van der Waals surface area contributed by atoms with Crippen LogP contribution in [0.15, 0.2) is 63.5 Å². The summed E-state index contributed by atoms with van der Waals surface area (Å²) in [4.78, 5) is 38.8. The van der Waals surface area contributed by atoms with E-state index in [4.69, 9.17) is 10.9 Å². The highest BCUT2D eigenvalue weighted by molar-refractivity contribution is 9.11.